The molecule has 3 aliphatic carbocycles. The first-order chi connectivity index (χ1) is 11.2. The predicted octanol–water partition coefficient (Wildman–Crippen LogP) is 5.96. The standard InChI is InChI=1S/C18H33P.NO3/c1-4-10-16(11-5-1)19(17-12-6-2-7-13-17)18-14-8-3-9-15-18;2-1(3)4/h16-18H,1-15H2;/q;-1/p+1. The predicted molar refractivity (Wildman–Crippen MR) is 99.3 cm³/mol. The Morgan fingerprint density at radius 1 is 0.565 bits per heavy atom. The van der Waals surface area contributed by atoms with E-state index < -0.39 is 5.09 Å². The molecule has 3 saturated carbocycles. The molecular weight excluding hydrogens is 309 g/mol. The first-order valence-corrected chi connectivity index (χ1v) is 11.6. The molecule has 0 unspecified atom stereocenters. The van der Waals surface area contributed by atoms with Gasteiger partial charge in [0.2, 0.25) is 0 Å². The van der Waals surface area contributed by atoms with Gasteiger partial charge < -0.3 is 15.3 Å². The fourth-order valence-corrected chi connectivity index (χ4v) is 10.5. The molecule has 4 nitrogen and oxygen atoms in total. The van der Waals surface area contributed by atoms with Crippen molar-refractivity contribution >= 4 is 7.92 Å². The zero-order valence-corrected chi connectivity index (χ0v) is 15.5. The van der Waals surface area contributed by atoms with Crippen molar-refractivity contribution in [3.05, 3.63) is 15.3 Å². The summed E-state index contributed by atoms with van der Waals surface area (Å²) >= 11 is 0. The minimum absolute atomic E-state index is 0.0465. The van der Waals surface area contributed by atoms with Crippen molar-refractivity contribution < 1.29 is 5.09 Å². The summed E-state index contributed by atoms with van der Waals surface area (Å²) in [6.45, 7) is 0. The highest BCUT2D eigenvalue weighted by Gasteiger charge is 2.42. The molecule has 0 heterocycles. The Balaban J connectivity index is 0.000000433. The molecule has 3 aliphatic rings. The Kier molecular flexibility index (Phi) is 8.64. The highest BCUT2D eigenvalue weighted by atomic mass is 31.1. The molecule has 23 heavy (non-hydrogen) atoms. The fraction of sp³-hybridized carbons (Fsp3) is 1.00. The van der Waals surface area contributed by atoms with Crippen LogP contribution in [0.2, 0.25) is 0 Å². The summed E-state index contributed by atoms with van der Waals surface area (Å²) < 4.78 is 0. The van der Waals surface area contributed by atoms with Crippen LogP contribution in [0, 0.1) is 15.3 Å². The van der Waals surface area contributed by atoms with E-state index in [2.05, 4.69) is 0 Å². The molecule has 0 atom stereocenters. The maximum atomic E-state index is 8.25. The third kappa shape index (κ3) is 6.57. The van der Waals surface area contributed by atoms with Gasteiger partial charge in [-0.25, -0.2) is 0 Å². The highest BCUT2D eigenvalue weighted by molar-refractivity contribution is 7.59. The van der Waals surface area contributed by atoms with Crippen molar-refractivity contribution in [3.8, 4) is 0 Å². The summed E-state index contributed by atoms with van der Waals surface area (Å²) in [7, 11) is -0.0465. The molecular formula is C18H34NO3P. The lowest BCUT2D eigenvalue weighted by atomic mass is 9.99. The Bertz CT molecular complexity index is 288. The Morgan fingerprint density at radius 2 is 0.783 bits per heavy atom. The van der Waals surface area contributed by atoms with Gasteiger partial charge in [-0.1, -0.05) is 19.3 Å². The Morgan fingerprint density at radius 3 is 1.00 bits per heavy atom. The average molecular weight is 343 g/mol. The second-order valence-corrected chi connectivity index (χ2v) is 11.2. The number of nitrogens with zero attached hydrogens (tertiary/aromatic N) is 1. The van der Waals surface area contributed by atoms with E-state index in [1.807, 2.05) is 0 Å². The lowest BCUT2D eigenvalue weighted by Gasteiger charge is -2.38. The molecule has 0 saturated heterocycles. The molecule has 0 amide bonds. The van der Waals surface area contributed by atoms with Crippen molar-refractivity contribution in [1.82, 2.24) is 0 Å². The zero-order valence-electron chi connectivity index (χ0n) is 14.5. The van der Waals surface area contributed by atoms with Crippen molar-refractivity contribution in [2.75, 3.05) is 0 Å². The molecule has 5 heteroatoms. The second-order valence-electron chi connectivity index (χ2n) is 7.73. The van der Waals surface area contributed by atoms with Crippen molar-refractivity contribution in [3.63, 3.8) is 0 Å². The van der Waals surface area contributed by atoms with Crippen LogP contribution >= 0.6 is 7.92 Å². The molecule has 0 radical (unpaired) electrons. The normalized spacial score (nSPS) is 24.9. The van der Waals surface area contributed by atoms with Gasteiger partial charge in [0.25, 0.3) is 0 Å². The Labute approximate surface area is 142 Å². The number of hydrogen-bond donors (Lipinski definition) is 0. The van der Waals surface area contributed by atoms with E-state index in [1.165, 1.54) is 17.0 Å². The minimum Gasteiger partial charge on any atom is -0.356 e. The topological polar surface area (TPSA) is 66.2 Å². The van der Waals surface area contributed by atoms with E-state index in [0.29, 0.717) is 0 Å². The largest absolute Gasteiger partial charge is 0.356 e. The van der Waals surface area contributed by atoms with Crippen LogP contribution in [0.5, 0.6) is 0 Å². The molecule has 0 aliphatic heterocycles. The van der Waals surface area contributed by atoms with Crippen LogP contribution in [-0.2, 0) is 0 Å². The summed E-state index contributed by atoms with van der Waals surface area (Å²) in [5.74, 6) is 0. The smallest absolute Gasteiger partial charge is 0.0689 e. The zero-order chi connectivity index (χ0) is 16.5. The van der Waals surface area contributed by atoms with Crippen molar-refractivity contribution in [1.29, 1.82) is 0 Å². The molecule has 3 rings (SSSR count). The Hall–Kier alpha value is -0.370. The summed E-state index contributed by atoms with van der Waals surface area (Å²) in [5, 5.41) is 14.8. The maximum absolute atomic E-state index is 8.25. The summed E-state index contributed by atoms with van der Waals surface area (Å²) in [5.41, 5.74) is 3.68. The van der Waals surface area contributed by atoms with Crippen LogP contribution in [0.1, 0.15) is 96.3 Å². The third-order valence-electron chi connectivity index (χ3n) is 6.23. The average Bonchev–Trinajstić information content (AvgIpc) is 2.58. The molecule has 0 spiro atoms. The summed E-state index contributed by atoms with van der Waals surface area (Å²) in [6, 6.07) is 0. The first kappa shape index (κ1) is 19.0. The van der Waals surface area contributed by atoms with Crippen LogP contribution in [0.4, 0.5) is 0 Å². The van der Waals surface area contributed by atoms with E-state index in [1.54, 1.807) is 96.3 Å². The van der Waals surface area contributed by atoms with Gasteiger partial charge in [0.1, 0.15) is 0 Å². The van der Waals surface area contributed by atoms with E-state index in [0.717, 1.165) is 0 Å². The van der Waals surface area contributed by atoms with Crippen LogP contribution < -0.4 is 0 Å². The minimum atomic E-state index is -1.75. The summed E-state index contributed by atoms with van der Waals surface area (Å²) in [6.07, 6.45) is 23.8. The third-order valence-corrected chi connectivity index (χ3v) is 10.8. The van der Waals surface area contributed by atoms with E-state index in [-0.39, 0.29) is 7.92 Å². The van der Waals surface area contributed by atoms with E-state index in [9.17, 15) is 0 Å². The lowest BCUT2D eigenvalue weighted by molar-refractivity contribution is -0.402. The van der Waals surface area contributed by atoms with Crippen LogP contribution in [0.15, 0.2) is 0 Å². The fourth-order valence-electron chi connectivity index (χ4n) is 5.31. The second kappa shape index (κ2) is 10.5. The number of hydrogen-bond acceptors (Lipinski definition) is 3. The van der Waals surface area contributed by atoms with Gasteiger partial charge >= 0.3 is 0 Å². The molecule has 3 fully saturated rings. The monoisotopic (exact) mass is 343 g/mol. The van der Waals surface area contributed by atoms with Gasteiger partial charge in [-0.05, 0) is 77.0 Å². The van der Waals surface area contributed by atoms with Crippen molar-refractivity contribution in [2.45, 2.75) is 113 Å². The molecule has 0 aromatic rings. The van der Waals surface area contributed by atoms with Gasteiger partial charge in [-0.2, -0.15) is 0 Å². The lowest BCUT2D eigenvalue weighted by Crippen LogP contribution is -2.28. The molecule has 0 N–H and O–H groups in total. The molecule has 0 aromatic heterocycles. The van der Waals surface area contributed by atoms with Crippen LogP contribution in [0.3, 0.4) is 0 Å². The van der Waals surface area contributed by atoms with Crippen LogP contribution in [-0.4, -0.2) is 22.1 Å². The van der Waals surface area contributed by atoms with Gasteiger partial charge in [-0.15, -0.1) is 0 Å². The SMILES string of the molecule is C1CCC([PH+](C2CCCCC2)C2CCCCC2)CC1.O=[N+]([O-])[O-]. The highest BCUT2D eigenvalue weighted by Crippen LogP contribution is 2.61. The first-order valence-electron chi connectivity index (χ1n) is 9.86. The maximum Gasteiger partial charge on any atom is 0.0689 e. The van der Waals surface area contributed by atoms with E-state index in [4.69, 9.17) is 15.3 Å². The van der Waals surface area contributed by atoms with E-state index >= 15 is 0 Å². The van der Waals surface area contributed by atoms with Gasteiger partial charge in [-0.3, -0.25) is 0 Å². The van der Waals surface area contributed by atoms with Crippen molar-refractivity contribution in [2.24, 2.45) is 0 Å². The molecule has 134 valence electrons. The number of rotatable bonds is 3. The van der Waals surface area contributed by atoms with Gasteiger partial charge in [0, 0.05) is 7.92 Å². The summed E-state index contributed by atoms with van der Waals surface area (Å²) in [4.78, 5) is 8.25. The van der Waals surface area contributed by atoms with Gasteiger partial charge in [0.05, 0.1) is 22.1 Å². The van der Waals surface area contributed by atoms with Crippen LogP contribution in [0.25, 0.3) is 0 Å². The molecule has 0 bridgehead atoms. The van der Waals surface area contributed by atoms with Gasteiger partial charge in [0.15, 0.2) is 0 Å². The molecule has 0 aromatic carbocycles. The quantitative estimate of drug-likeness (QED) is 0.361.